The van der Waals surface area contributed by atoms with Crippen LogP contribution in [0.5, 0.6) is 5.75 Å². The van der Waals surface area contributed by atoms with Gasteiger partial charge in [0.15, 0.2) is 0 Å². The summed E-state index contributed by atoms with van der Waals surface area (Å²) in [5, 5.41) is 9.46. The Morgan fingerprint density at radius 1 is 0.875 bits per heavy atom. The van der Waals surface area contributed by atoms with Crippen molar-refractivity contribution in [2.45, 2.75) is 6.92 Å². The summed E-state index contributed by atoms with van der Waals surface area (Å²) in [6.07, 6.45) is 4.04. The van der Waals surface area contributed by atoms with Gasteiger partial charge < -0.3 is 5.11 Å². The highest BCUT2D eigenvalue weighted by atomic mass is 16.3. The molecule has 2 aromatic rings. The second-order valence-electron chi connectivity index (χ2n) is 3.85. The molecule has 1 heteroatoms. The summed E-state index contributed by atoms with van der Waals surface area (Å²) in [6.45, 7) is 1.97. The molecule has 16 heavy (non-hydrogen) atoms. The zero-order valence-electron chi connectivity index (χ0n) is 9.22. The van der Waals surface area contributed by atoms with Gasteiger partial charge in [-0.1, -0.05) is 48.6 Å². The van der Waals surface area contributed by atoms with Crippen LogP contribution in [0.25, 0.3) is 12.2 Å². The van der Waals surface area contributed by atoms with Gasteiger partial charge in [0.1, 0.15) is 5.75 Å². The van der Waals surface area contributed by atoms with Gasteiger partial charge in [-0.15, -0.1) is 0 Å². The standard InChI is InChI=1S/C15H14O/c1-12-9-14(11-15(16)10-12)8-7-13-5-3-2-4-6-13/h2-11,16H,1H3/b8-7+. The van der Waals surface area contributed by atoms with Gasteiger partial charge in [0.25, 0.3) is 0 Å². The Hall–Kier alpha value is -2.02. The first-order valence-corrected chi connectivity index (χ1v) is 5.28. The predicted octanol–water partition coefficient (Wildman–Crippen LogP) is 3.87. The van der Waals surface area contributed by atoms with E-state index >= 15 is 0 Å². The van der Waals surface area contributed by atoms with Crippen LogP contribution in [0.1, 0.15) is 16.7 Å². The molecule has 0 bridgehead atoms. The summed E-state index contributed by atoms with van der Waals surface area (Å²) < 4.78 is 0. The molecule has 0 atom stereocenters. The van der Waals surface area contributed by atoms with E-state index in [0.717, 1.165) is 16.7 Å². The van der Waals surface area contributed by atoms with E-state index in [1.54, 1.807) is 12.1 Å². The molecule has 0 heterocycles. The van der Waals surface area contributed by atoms with Gasteiger partial charge in [0, 0.05) is 0 Å². The molecule has 0 aliphatic rings. The van der Waals surface area contributed by atoms with Gasteiger partial charge in [-0.3, -0.25) is 0 Å². The highest BCUT2D eigenvalue weighted by Gasteiger charge is 1.93. The number of hydrogen-bond donors (Lipinski definition) is 1. The summed E-state index contributed by atoms with van der Waals surface area (Å²) in [5.74, 6) is 0.313. The highest BCUT2D eigenvalue weighted by molar-refractivity contribution is 5.70. The number of hydrogen-bond acceptors (Lipinski definition) is 1. The SMILES string of the molecule is Cc1cc(O)cc(/C=C/c2ccccc2)c1. The van der Waals surface area contributed by atoms with Crippen molar-refractivity contribution in [1.82, 2.24) is 0 Å². The Morgan fingerprint density at radius 3 is 2.25 bits per heavy atom. The van der Waals surface area contributed by atoms with Crippen molar-refractivity contribution in [3.8, 4) is 5.75 Å². The third kappa shape index (κ3) is 2.74. The van der Waals surface area contributed by atoms with Gasteiger partial charge >= 0.3 is 0 Å². The maximum absolute atomic E-state index is 9.46. The quantitative estimate of drug-likeness (QED) is 0.746. The summed E-state index contributed by atoms with van der Waals surface area (Å²) in [6, 6.07) is 15.7. The first-order valence-electron chi connectivity index (χ1n) is 5.28. The highest BCUT2D eigenvalue weighted by Crippen LogP contribution is 2.17. The van der Waals surface area contributed by atoms with E-state index in [1.807, 2.05) is 55.5 Å². The second kappa shape index (κ2) is 4.67. The number of benzene rings is 2. The minimum absolute atomic E-state index is 0.313. The van der Waals surface area contributed by atoms with Gasteiger partial charge in [-0.25, -0.2) is 0 Å². The Balaban J connectivity index is 2.24. The van der Waals surface area contributed by atoms with E-state index in [1.165, 1.54) is 0 Å². The molecular weight excluding hydrogens is 196 g/mol. The van der Waals surface area contributed by atoms with Crippen LogP contribution in [0.3, 0.4) is 0 Å². The largest absolute Gasteiger partial charge is 0.508 e. The predicted molar refractivity (Wildman–Crippen MR) is 68.2 cm³/mol. The molecule has 0 saturated heterocycles. The molecule has 0 aliphatic heterocycles. The molecule has 0 unspecified atom stereocenters. The molecular formula is C15H14O. The molecule has 80 valence electrons. The minimum atomic E-state index is 0.313. The first-order chi connectivity index (χ1) is 7.74. The smallest absolute Gasteiger partial charge is 0.116 e. The molecule has 0 aliphatic carbocycles. The van der Waals surface area contributed by atoms with Crippen molar-refractivity contribution in [3.63, 3.8) is 0 Å². The Morgan fingerprint density at radius 2 is 1.56 bits per heavy atom. The average molecular weight is 210 g/mol. The van der Waals surface area contributed by atoms with Crippen molar-refractivity contribution in [1.29, 1.82) is 0 Å². The first kappa shape index (κ1) is 10.5. The fourth-order valence-electron chi connectivity index (χ4n) is 1.64. The number of aryl methyl sites for hydroxylation is 1. The summed E-state index contributed by atoms with van der Waals surface area (Å²) in [7, 11) is 0. The summed E-state index contributed by atoms with van der Waals surface area (Å²) in [5.41, 5.74) is 3.23. The molecule has 0 saturated carbocycles. The molecule has 1 N–H and O–H groups in total. The van der Waals surface area contributed by atoms with E-state index in [9.17, 15) is 5.11 Å². The van der Waals surface area contributed by atoms with Gasteiger partial charge in [0.2, 0.25) is 0 Å². The van der Waals surface area contributed by atoms with Crippen LogP contribution >= 0.6 is 0 Å². The zero-order chi connectivity index (χ0) is 11.4. The van der Waals surface area contributed by atoms with Gasteiger partial charge in [-0.05, 0) is 35.7 Å². The van der Waals surface area contributed by atoms with Crippen molar-refractivity contribution in [3.05, 3.63) is 65.2 Å². The van der Waals surface area contributed by atoms with Gasteiger partial charge in [-0.2, -0.15) is 0 Å². The number of phenolic OH excluding ortho intramolecular Hbond substituents is 1. The molecule has 0 spiro atoms. The fraction of sp³-hybridized carbons (Fsp3) is 0.0667. The molecule has 1 nitrogen and oxygen atoms in total. The Labute approximate surface area is 95.7 Å². The number of aromatic hydroxyl groups is 1. The van der Waals surface area contributed by atoms with Crippen LogP contribution in [-0.4, -0.2) is 5.11 Å². The van der Waals surface area contributed by atoms with E-state index < -0.39 is 0 Å². The number of phenols is 1. The molecule has 2 aromatic carbocycles. The maximum Gasteiger partial charge on any atom is 0.116 e. The van der Waals surface area contributed by atoms with E-state index in [2.05, 4.69) is 0 Å². The van der Waals surface area contributed by atoms with Crippen LogP contribution < -0.4 is 0 Å². The topological polar surface area (TPSA) is 20.2 Å². The minimum Gasteiger partial charge on any atom is -0.508 e. The third-order valence-electron chi connectivity index (χ3n) is 2.35. The average Bonchev–Trinajstić information content (AvgIpc) is 2.27. The van der Waals surface area contributed by atoms with Crippen LogP contribution in [0, 0.1) is 6.92 Å². The lowest BCUT2D eigenvalue weighted by atomic mass is 10.1. The third-order valence-corrected chi connectivity index (χ3v) is 2.35. The van der Waals surface area contributed by atoms with Crippen molar-refractivity contribution in [2.24, 2.45) is 0 Å². The van der Waals surface area contributed by atoms with Crippen molar-refractivity contribution < 1.29 is 5.11 Å². The fourth-order valence-corrected chi connectivity index (χ4v) is 1.64. The van der Waals surface area contributed by atoms with Crippen LogP contribution in [-0.2, 0) is 0 Å². The molecule has 0 fully saturated rings. The number of rotatable bonds is 2. The lowest BCUT2D eigenvalue weighted by Crippen LogP contribution is -1.76. The van der Waals surface area contributed by atoms with Crippen molar-refractivity contribution >= 4 is 12.2 Å². The van der Waals surface area contributed by atoms with Crippen LogP contribution in [0.2, 0.25) is 0 Å². The van der Waals surface area contributed by atoms with Crippen molar-refractivity contribution in [2.75, 3.05) is 0 Å². The summed E-state index contributed by atoms with van der Waals surface area (Å²) in [4.78, 5) is 0. The molecule has 2 rings (SSSR count). The molecule has 0 amide bonds. The van der Waals surface area contributed by atoms with E-state index in [4.69, 9.17) is 0 Å². The lowest BCUT2D eigenvalue weighted by molar-refractivity contribution is 0.475. The van der Waals surface area contributed by atoms with Gasteiger partial charge in [0.05, 0.1) is 0 Å². The second-order valence-corrected chi connectivity index (χ2v) is 3.85. The monoisotopic (exact) mass is 210 g/mol. The zero-order valence-corrected chi connectivity index (χ0v) is 9.22. The maximum atomic E-state index is 9.46. The normalized spacial score (nSPS) is 10.8. The van der Waals surface area contributed by atoms with Crippen LogP contribution in [0.15, 0.2) is 48.5 Å². The Bertz CT molecular complexity index is 478. The molecule has 0 radical (unpaired) electrons. The van der Waals surface area contributed by atoms with E-state index in [-0.39, 0.29) is 0 Å². The molecule has 0 aromatic heterocycles. The van der Waals surface area contributed by atoms with E-state index in [0.29, 0.717) is 5.75 Å². The summed E-state index contributed by atoms with van der Waals surface area (Å²) >= 11 is 0. The van der Waals surface area contributed by atoms with Crippen LogP contribution in [0.4, 0.5) is 0 Å². The Kier molecular flexibility index (Phi) is 3.06. The lowest BCUT2D eigenvalue weighted by Gasteiger charge is -1.99.